The second-order valence-electron chi connectivity index (χ2n) is 3.86. The minimum atomic E-state index is -5.13. The standard InChI is InChI=1S/C11H15F3S.CH4/c1-6-7(2)9(4)11(15(12,13)14)10(5)8(6)3;/h1-5H3;1H4. The minimum Gasteiger partial charge on any atom is -0.120 e. The zero-order valence-electron chi connectivity index (χ0n) is 9.54. The van der Waals surface area contributed by atoms with Gasteiger partial charge in [0.25, 0.3) is 0 Å². The van der Waals surface area contributed by atoms with Crippen LogP contribution in [-0.4, -0.2) is 0 Å². The Bertz CT molecular complexity index is 377. The number of hydrogen-bond acceptors (Lipinski definition) is 0. The largest absolute Gasteiger partial charge is 0.238 e. The molecule has 16 heavy (non-hydrogen) atoms. The van der Waals surface area contributed by atoms with Crippen molar-refractivity contribution in [2.45, 2.75) is 46.9 Å². The Morgan fingerprint density at radius 1 is 0.625 bits per heavy atom. The van der Waals surface area contributed by atoms with Gasteiger partial charge in [0.2, 0.25) is 11.2 Å². The van der Waals surface area contributed by atoms with Gasteiger partial charge < -0.3 is 0 Å². The molecule has 0 aromatic heterocycles. The summed E-state index contributed by atoms with van der Waals surface area (Å²) in [6.45, 7) is 8.51. The molecule has 0 radical (unpaired) electrons. The Morgan fingerprint density at radius 3 is 1.12 bits per heavy atom. The van der Waals surface area contributed by atoms with Crippen LogP contribution in [0, 0.1) is 34.6 Å². The lowest BCUT2D eigenvalue weighted by Crippen LogP contribution is -2.01. The molecule has 0 saturated heterocycles. The summed E-state index contributed by atoms with van der Waals surface area (Å²) in [5.74, 6) is 0. The van der Waals surface area contributed by atoms with Crippen molar-refractivity contribution in [2.75, 3.05) is 0 Å². The van der Waals surface area contributed by atoms with E-state index < -0.39 is 11.2 Å². The van der Waals surface area contributed by atoms with Gasteiger partial charge in [0.05, 0.1) is 4.90 Å². The molecule has 0 bridgehead atoms. The van der Waals surface area contributed by atoms with Crippen molar-refractivity contribution in [2.24, 2.45) is 0 Å². The van der Waals surface area contributed by atoms with Gasteiger partial charge in [-0.05, 0) is 62.4 Å². The van der Waals surface area contributed by atoms with Gasteiger partial charge in [-0.1, -0.05) is 7.43 Å². The molecule has 0 spiro atoms. The van der Waals surface area contributed by atoms with Gasteiger partial charge in [-0.25, -0.2) is 0 Å². The van der Waals surface area contributed by atoms with E-state index in [0.29, 0.717) is 11.1 Å². The van der Waals surface area contributed by atoms with E-state index in [1.807, 2.05) is 6.92 Å². The van der Waals surface area contributed by atoms with Crippen LogP contribution in [-0.2, 0) is 0 Å². The fourth-order valence-corrected chi connectivity index (χ4v) is 2.81. The number of halogens is 3. The average Bonchev–Trinajstić information content (AvgIpc) is 2.09. The first-order chi connectivity index (χ1) is 6.68. The average molecular weight is 252 g/mol. The van der Waals surface area contributed by atoms with Crippen LogP contribution in [0.4, 0.5) is 11.7 Å². The summed E-state index contributed by atoms with van der Waals surface area (Å²) in [6, 6.07) is 0. The summed E-state index contributed by atoms with van der Waals surface area (Å²) in [5, 5.41) is 0. The lowest BCUT2D eigenvalue weighted by Gasteiger charge is -2.21. The molecular formula is C12H19F3S. The molecule has 0 aliphatic heterocycles. The Kier molecular flexibility index (Phi) is 4.51. The van der Waals surface area contributed by atoms with Crippen molar-refractivity contribution in [3.63, 3.8) is 0 Å². The van der Waals surface area contributed by atoms with Crippen LogP contribution in [0.5, 0.6) is 0 Å². The molecular weight excluding hydrogens is 233 g/mol. The summed E-state index contributed by atoms with van der Waals surface area (Å²) >= 11 is -5.13. The van der Waals surface area contributed by atoms with Crippen molar-refractivity contribution in [1.29, 1.82) is 0 Å². The number of rotatable bonds is 1. The van der Waals surface area contributed by atoms with Crippen molar-refractivity contribution < 1.29 is 11.7 Å². The summed E-state index contributed by atoms with van der Waals surface area (Å²) in [6.07, 6.45) is 0. The van der Waals surface area contributed by atoms with E-state index in [4.69, 9.17) is 0 Å². The van der Waals surface area contributed by atoms with Crippen molar-refractivity contribution in [1.82, 2.24) is 0 Å². The zero-order valence-corrected chi connectivity index (χ0v) is 10.4. The van der Waals surface area contributed by atoms with Crippen LogP contribution < -0.4 is 0 Å². The van der Waals surface area contributed by atoms with Gasteiger partial charge >= 0.3 is 0 Å². The van der Waals surface area contributed by atoms with E-state index in [9.17, 15) is 11.7 Å². The molecule has 0 aliphatic rings. The van der Waals surface area contributed by atoms with Gasteiger partial charge in [-0.15, -0.1) is 11.7 Å². The van der Waals surface area contributed by atoms with Gasteiger partial charge in [-0.2, -0.15) is 0 Å². The monoisotopic (exact) mass is 252 g/mol. The summed E-state index contributed by atoms with van der Waals surface area (Å²) in [5.41, 5.74) is 3.27. The molecule has 4 heteroatoms. The van der Waals surface area contributed by atoms with Crippen LogP contribution in [0.1, 0.15) is 35.2 Å². The van der Waals surface area contributed by atoms with E-state index in [1.54, 1.807) is 27.7 Å². The molecule has 0 atom stereocenters. The fraction of sp³-hybridized carbons (Fsp3) is 0.500. The summed E-state index contributed by atoms with van der Waals surface area (Å²) < 4.78 is 38.7. The second-order valence-corrected chi connectivity index (χ2v) is 5.08. The summed E-state index contributed by atoms with van der Waals surface area (Å²) in [4.78, 5) is -0.386. The number of benzene rings is 1. The normalized spacial score (nSPS) is 12.2. The third kappa shape index (κ3) is 2.37. The molecule has 1 rings (SSSR count). The predicted molar refractivity (Wildman–Crippen MR) is 66.0 cm³/mol. The Labute approximate surface area is 98.1 Å². The Morgan fingerprint density at radius 2 is 0.875 bits per heavy atom. The molecule has 0 saturated carbocycles. The van der Waals surface area contributed by atoms with Crippen LogP contribution in [0.3, 0.4) is 0 Å². The first-order valence-electron chi connectivity index (χ1n) is 4.67. The van der Waals surface area contributed by atoms with Crippen LogP contribution >= 0.6 is 11.2 Å². The third-order valence-electron chi connectivity index (χ3n) is 3.16. The molecule has 0 unspecified atom stereocenters. The zero-order chi connectivity index (χ0) is 12.0. The first-order valence-corrected chi connectivity index (χ1v) is 6.00. The van der Waals surface area contributed by atoms with Crippen LogP contribution in [0.25, 0.3) is 0 Å². The molecule has 1 aromatic carbocycles. The van der Waals surface area contributed by atoms with Crippen molar-refractivity contribution in [3.8, 4) is 0 Å². The Balaban J connectivity index is 0.00000225. The van der Waals surface area contributed by atoms with Crippen molar-refractivity contribution in [3.05, 3.63) is 27.8 Å². The van der Waals surface area contributed by atoms with E-state index >= 15 is 0 Å². The quantitative estimate of drug-likeness (QED) is 0.603. The molecule has 0 N–H and O–H groups in total. The molecule has 0 amide bonds. The van der Waals surface area contributed by atoms with Gasteiger partial charge in [0.1, 0.15) is 0 Å². The van der Waals surface area contributed by atoms with E-state index in [-0.39, 0.29) is 12.3 Å². The molecule has 94 valence electrons. The van der Waals surface area contributed by atoms with E-state index in [1.165, 1.54) is 0 Å². The fourth-order valence-electron chi connectivity index (χ4n) is 1.81. The topological polar surface area (TPSA) is 0 Å². The van der Waals surface area contributed by atoms with Crippen molar-refractivity contribution >= 4 is 11.2 Å². The third-order valence-corrected chi connectivity index (χ3v) is 4.24. The van der Waals surface area contributed by atoms with Gasteiger partial charge in [0, 0.05) is 0 Å². The Hall–Kier alpha value is -0.640. The summed E-state index contributed by atoms with van der Waals surface area (Å²) in [7, 11) is 0. The van der Waals surface area contributed by atoms with Crippen LogP contribution in [0.15, 0.2) is 4.90 Å². The molecule has 0 aliphatic carbocycles. The maximum atomic E-state index is 12.9. The van der Waals surface area contributed by atoms with Gasteiger partial charge in [0.15, 0.2) is 0 Å². The highest BCUT2D eigenvalue weighted by molar-refractivity contribution is 8.21. The van der Waals surface area contributed by atoms with E-state index in [0.717, 1.165) is 16.7 Å². The highest BCUT2D eigenvalue weighted by Gasteiger charge is 2.30. The van der Waals surface area contributed by atoms with E-state index in [2.05, 4.69) is 0 Å². The lowest BCUT2D eigenvalue weighted by atomic mass is 9.95. The highest BCUT2D eigenvalue weighted by Crippen LogP contribution is 2.63. The van der Waals surface area contributed by atoms with Gasteiger partial charge in [-0.3, -0.25) is 0 Å². The smallest absolute Gasteiger partial charge is 0.120 e. The maximum Gasteiger partial charge on any atom is 0.238 e. The molecule has 0 fully saturated rings. The number of hydrogen-bond donors (Lipinski definition) is 0. The SMILES string of the molecule is C.Cc1c(C)c(C)c(S(F)(F)F)c(C)c1C. The highest BCUT2D eigenvalue weighted by atomic mass is 32.3. The first kappa shape index (κ1) is 15.4. The molecule has 0 nitrogen and oxygen atoms in total. The maximum absolute atomic E-state index is 12.9. The lowest BCUT2D eigenvalue weighted by molar-refractivity contribution is 0.629. The molecule has 0 heterocycles. The second kappa shape index (κ2) is 4.70. The predicted octanol–water partition coefficient (Wildman–Crippen LogP) is 5.68. The van der Waals surface area contributed by atoms with Crippen LogP contribution in [0.2, 0.25) is 0 Å². The minimum absolute atomic E-state index is 0. The molecule has 1 aromatic rings.